The molecule has 0 radical (unpaired) electrons. The maximum absolute atomic E-state index is 10.3. The standard InChI is InChI=1S/C14H20ClNO3/c1-10-14(18,6-7-19-10)9-16-8-13(17)11-4-2-3-5-12(11)15/h2-5,10,13,16-18H,6-9H2,1H3. The Bertz CT molecular complexity index is 429. The van der Waals surface area contributed by atoms with Crippen LogP contribution in [0.1, 0.15) is 25.0 Å². The molecule has 0 aromatic heterocycles. The van der Waals surface area contributed by atoms with Crippen LogP contribution in [0.5, 0.6) is 0 Å². The Kier molecular flexibility index (Phi) is 4.81. The fraction of sp³-hybridized carbons (Fsp3) is 0.571. The summed E-state index contributed by atoms with van der Waals surface area (Å²) in [4.78, 5) is 0. The highest BCUT2D eigenvalue weighted by Crippen LogP contribution is 2.25. The van der Waals surface area contributed by atoms with Gasteiger partial charge in [-0.2, -0.15) is 0 Å². The number of halogens is 1. The van der Waals surface area contributed by atoms with Crippen molar-refractivity contribution in [2.24, 2.45) is 0 Å². The van der Waals surface area contributed by atoms with Crippen molar-refractivity contribution in [1.29, 1.82) is 0 Å². The van der Waals surface area contributed by atoms with Gasteiger partial charge in [0.15, 0.2) is 0 Å². The third-order valence-electron chi connectivity index (χ3n) is 3.69. The molecule has 3 N–H and O–H groups in total. The lowest BCUT2D eigenvalue weighted by Crippen LogP contribution is -2.46. The number of benzene rings is 1. The van der Waals surface area contributed by atoms with Crippen molar-refractivity contribution in [1.82, 2.24) is 5.32 Å². The van der Waals surface area contributed by atoms with Crippen LogP contribution in [0.25, 0.3) is 0 Å². The molecular weight excluding hydrogens is 266 g/mol. The minimum absolute atomic E-state index is 0.183. The summed E-state index contributed by atoms with van der Waals surface area (Å²) in [5, 5.41) is 24.0. The van der Waals surface area contributed by atoms with Crippen molar-refractivity contribution in [3.63, 3.8) is 0 Å². The maximum Gasteiger partial charge on any atom is 0.105 e. The molecule has 1 aromatic carbocycles. The molecule has 106 valence electrons. The van der Waals surface area contributed by atoms with E-state index in [0.29, 0.717) is 36.7 Å². The zero-order valence-corrected chi connectivity index (χ0v) is 11.7. The van der Waals surface area contributed by atoms with Crippen LogP contribution >= 0.6 is 11.6 Å². The van der Waals surface area contributed by atoms with E-state index in [-0.39, 0.29) is 6.10 Å². The lowest BCUT2D eigenvalue weighted by molar-refractivity contribution is -0.0274. The largest absolute Gasteiger partial charge is 0.387 e. The molecule has 2 rings (SSSR count). The number of rotatable bonds is 5. The fourth-order valence-electron chi connectivity index (χ4n) is 2.28. The van der Waals surface area contributed by atoms with Crippen LogP contribution < -0.4 is 5.32 Å². The van der Waals surface area contributed by atoms with Crippen molar-refractivity contribution in [2.45, 2.75) is 31.2 Å². The van der Waals surface area contributed by atoms with Crippen LogP contribution in [0.4, 0.5) is 0 Å². The predicted octanol–water partition coefficient (Wildman–Crippen LogP) is 1.50. The summed E-state index contributed by atoms with van der Waals surface area (Å²) < 4.78 is 5.36. The quantitative estimate of drug-likeness (QED) is 0.767. The highest BCUT2D eigenvalue weighted by atomic mass is 35.5. The zero-order valence-electron chi connectivity index (χ0n) is 11.0. The molecule has 0 aliphatic carbocycles. The third kappa shape index (κ3) is 3.46. The first-order valence-electron chi connectivity index (χ1n) is 6.50. The van der Waals surface area contributed by atoms with Crippen molar-refractivity contribution < 1.29 is 14.9 Å². The van der Waals surface area contributed by atoms with Crippen molar-refractivity contribution >= 4 is 11.6 Å². The van der Waals surface area contributed by atoms with Gasteiger partial charge in [0, 0.05) is 36.7 Å². The Morgan fingerprint density at radius 3 is 2.89 bits per heavy atom. The SMILES string of the molecule is CC1OCCC1(O)CNCC(O)c1ccccc1Cl. The molecule has 3 unspecified atom stereocenters. The van der Waals surface area contributed by atoms with Crippen LogP contribution in [0.2, 0.25) is 5.02 Å². The minimum Gasteiger partial charge on any atom is -0.387 e. The van der Waals surface area contributed by atoms with E-state index in [2.05, 4.69) is 5.32 Å². The van der Waals surface area contributed by atoms with Crippen molar-refractivity contribution in [3.05, 3.63) is 34.9 Å². The molecule has 0 spiro atoms. The van der Waals surface area contributed by atoms with E-state index in [0.717, 1.165) is 0 Å². The topological polar surface area (TPSA) is 61.7 Å². The molecule has 4 nitrogen and oxygen atoms in total. The molecule has 3 atom stereocenters. The van der Waals surface area contributed by atoms with Crippen molar-refractivity contribution in [2.75, 3.05) is 19.7 Å². The smallest absolute Gasteiger partial charge is 0.105 e. The van der Waals surface area contributed by atoms with Gasteiger partial charge in [-0.25, -0.2) is 0 Å². The summed E-state index contributed by atoms with van der Waals surface area (Å²) in [7, 11) is 0. The number of aliphatic hydroxyl groups excluding tert-OH is 1. The summed E-state index contributed by atoms with van der Waals surface area (Å²) in [5.41, 5.74) is -0.153. The molecule has 1 aromatic rings. The summed E-state index contributed by atoms with van der Waals surface area (Å²) in [5.74, 6) is 0. The predicted molar refractivity (Wildman–Crippen MR) is 74.3 cm³/mol. The molecule has 1 saturated heterocycles. The number of ether oxygens (including phenoxy) is 1. The van der Waals surface area contributed by atoms with Crippen LogP contribution in [0.15, 0.2) is 24.3 Å². The second-order valence-corrected chi connectivity index (χ2v) is 5.44. The molecule has 1 fully saturated rings. The van der Waals surface area contributed by atoms with Crippen LogP contribution in [0, 0.1) is 0 Å². The average Bonchev–Trinajstić information content (AvgIpc) is 2.70. The molecule has 19 heavy (non-hydrogen) atoms. The van der Waals surface area contributed by atoms with Gasteiger partial charge in [0.1, 0.15) is 5.60 Å². The molecule has 0 amide bonds. The summed E-state index contributed by atoms with van der Waals surface area (Å²) in [6.45, 7) is 3.18. The van der Waals surface area contributed by atoms with Gasteiger partial charge >= 0.3 is 0 Å². The second-order valence-electron chi connectivity index (χ2n) is 5.03. The van der Waals surface area contributed by atoms with E-state index in [4.69, 9.17) is 16.3 Å². The van der Waals surface area contributed by atoms with Gasteiger partial charge < -0.3 is 20.3 Å². The van der Waals surface area contributed by atoms with E-state index in [1.54, 1.807) is 12.1 Å². The first-order valence-corrected chi connectivity index (χ1v) is 6.88. The van der Waals surface area contributed by atoms with Gasteiger partial charge in [0.2, 0.25) is 0 Å². The van der Waals surface area contributed by atoms with E-state index in [1.165, 1.54) is 0 Å². The molecule has 5 heteroatoms. The number of hydrogen-bond donors (Lipinski definition) is 3. The zero-order chi connectivity index (χ0) is 13.9. The van der Waals surface area contributed by atoms with Crippen LogP contribution in [-0.2, 0) is 4.74 Å². The van der Waals surface area contributed by atoms with Gasteiger partial charge in [-0.1, -0.05) is 29.8 Å². The molecule has 1 aliphatic heterocycles. The Hall–Kier alpha value is -0.650. The number of nitrogens with one attached hydrogen (secondary N) is 1. The molecule has 0 saturated carbocycles. The maximum atomic E-state index is 10.3. The van der Waals surface area contributed by atoms with Crippen molar-refractivity contribution in [3.8, 4) is 0 Å². The second kappa shape index (κ2) is 6.20. The Morgan fingerprint density at radius 1 is 1.53 bits per heavy atom. The van der Waals surface area contributed by atoms with Crippen LogP contribution in [0.3, 0.4) is 0 Å². The summed E-state index contributed by atoms with van der Waals surface area (Å²) >= 11 is 6.02. The summed E-state index contributed by atoms with van der Waals surface area (Å²) in [6.07, 6.45) is -0.254. The molecular formula is C14H20ClNO3. The third-order valence-corrected chi connectivity index (χ3v) is 4.04. The van der Waals surface area contributed by atoms with Gasteiger partial charge in [-0.15, -0.1) is 0 Å². The average molecular weight is 286 g/mol. The first-order chi connectivity index (χ1) is 9.03. The number of aliphatic hydroxyl groups is 2. The van der Waals surface area contributed by atoms with E-state index in [9.17, 15) is 10.2 Å². The summed E-state index contributed by atoms with van der Waals surface area (Å²) in [6, 6.07) is 7.21. The van der Waals surface area contributed by atoms with E-state index in [1.807, 2.05) is 19.1 Å². The van der Waals surface area contributed by atoms with Gasteiger partial charge in [-0.3, -0.25) is 0 Å². The lowest BCUT2D eigenvalue weighted by Gasteiger charge is -2.27. The van der Waals surface area contributed by atoms with Gasteiger partial charge in [0.25, 0.3) is 0 Å². The fourth-order valence-corrected chi connectivity index (χ4v) is 2.55. The molecule has 1 aliphatic rings. The minimum atomic E-state index is -0.847. The van der Waals surface area contributed by atoms with E-state index >= 15 is 0 Å². The molecule has 0 bridgehead atoms. The van der Waals surface area contributed by atoms with E-state index < -0.39 is 11.7 Å². The van der Waals surface area contributed by atoms with Gasteiger partial charge in [0.05, 0.1) is 12.2 Å². The number of hydrogen-bond acceptors (Lipinski definition) is 4. The highest BCUT2D eigenvalue weighted by Gasteiger charge is 2.39. The van der Waals surface area contributed by atoms with Crippen LogP contribution in [-0.4, -0.2) is 41.6 Å². The molecule has 1 heterocycles. The van der Waals surface area contributed by atoms with Gasteiger partial charge in [-0.05, 0) is 13.0 Å². The Morgan fingerprint density at radius 2 is 2.26 bits per heavy atom. The Balaban J connectivity index is 1.84. The first kappa shape index (κ1) is 14.8. The Labute approximate surface area is 118 Å². The highest BCUT2D eigenvalue weighted by molar-refractivity contribution is 6.31. The lowest BCUT2D eigenvalue weighted by atomic mass is 9.96. The monoisotopic (exact) mass is 285 g/mol. The normalized spacial score (nSPS) is 28.5.